The highest BCUT2D eigenvalue weighted by Crippen LogP contribution is 2.44. The van der Waals surface area contributed by atoms with E-state index in [9.17, 15) is 18.0 Å². The van der Waals surface area contributed by atoms with Gasteiger partial charge >= 0.3 is 6.18 Å². The Morgan fingerprint density at radius 1 is 1.27 bits per heavy atom. The summed E-state index contributed by atoms with van der Waals surface area (Å²) < 4.78 is 51.9. The van der Waals surface area contributed by atoms with E-state index in [1.807, 2.05) is 0 Å². The molecule has 0 fully saturated rings. The second-order valence-electron chi connectivity index (χ2n) is 8.45. The molecule has 7 nitrogen and oxygen atoms in total. The van der Waals surface area contributed by atoms with Crippen LogP contribution in [0.2, 0.25) is 0 Å². The molecule has 1 aromatic heterocycles. The van der Waals surface area contributed by atoms with Gasteiger partial charge in [0.05, 0.1) is 29.6 Å². The fourth-order valence-electron chi connectivity index (χ4n) is 4.19. The Morgan fingerprint density at radius 2 is 2.00 bits per heavy atom. The largest absolute Gasteiger partial charge is 0.496 e. The molecule has 1 N–H and O–H groups in total. The van der Waals surface area contributed by atoms with Crippen LogP contribution in [0.25, 0.3) is 5.57 Å². The summed E-state index contributed by atoms with van der Waals surface area (Å²) in [5.74, 6) is 1.35. The van der Waals surface area contributed by atoms with E-state index in [0.717, 1.165) is 6.08 Å². The zero-order chi connectivity index (χ0) is 24.1. The summed E-state index contributed by atoms with van der Waals surface area (Å²) in [7, 11) is 3.18. The molecular weight excluding hydrogens is 437 g/mol. The highest BCUT2D eigenvalue weighted by atomic mass is 19.4. The maximum atomic E-state index is 13.5. The van der Waals surface area contributed by atoms with Gasteiger partial charge in [0.1, 0.15) is 23.1 Å². The van der Waals surface area contributed by atoms with E-state index < -0.39 is 17.4 Å². The van der Waals surface area contributed by atoms with Crippen LogP contribution >= 0.6 is 0 Å². The Hall–Kier alpha value is -3.30. The van der Waals surface area contributed by atoms with Gasteiger partial charge in [0, 0.05) is 38.1 Å². The number of rotatable bonds is 5. The van der Waals surface area contributed by atoms with Gasteiger partial charge < -0.3 is 19.7 Å². The van der Waals surface area contributed by atoms with E-state index in [4.69, 9.17) is 9.47 Å². The third-order valence-electron chi connectivity index (χ3n) is 5.71. The molecular formula is C23H25F3N4O3. The molecule has 2 heterocycles. The van der Waals surface area contributed by atoms with Gasteiger partial charge in [-0.15, -0.1) is 0 Å². The maximum absolute atomic E-state index is 13.5. The summed E-state index contributed by atoms with van der Waals surface area (Å²) in [6.07, 6.45) is -3.03. The molecule has 0 radical (unpaired) electrons. The molecule has 0 saturated heterocycles. The third kappa shape index (κ3) is 3.98. The summed E-state index contributed by atoms with van der Waals surface area (Å²) in [6.45, 7) is 5.59. The first-order valence-corrected chi connectivity index (χ1v) is 10.6. The van der Waals surface area contributed by atoms with Gasteiger partial charge in [-0.2, -0.15) is 13.2 Å². The lowest BCUT2D eigenvalue weighted by molar-refractivity contribution is -0.132. The van der Waals surface area contributed by atoms with Crippen molar-refractivity contribution in [2.45, 2.75) is 45.4 Å². The van der Waals surface area contributed by atoms with Crippen molar-refractivity contribution in [1.29, 1.82) is 0 Å². The normalized spacial score (nSPS) is 16.7. The van der Waals surface area contributed by atoms with Crippen molar-refractivity contribution in [3.8, 4) is 11.5 Å². The molecule has 10 heteroatoms. The summed E-state index contributed by atoms with van der Waals surface area (Å²) in [5.41, 5.74) is -0.134. The van der Waals surface area contributed by atoms with Crippen LogP contribution in [0.4, 0.5) is 24.7 Å². The number of hydrogen-bond donors (Lipinski definition) is 1. The minimum absolute atomic E-state index is 0.00993. The number of benzene rings is 1. The molecule has 33 heavy (non-hydrogen) atoms. The molecule has 2 aliphatic rings. The van der Waals surface area contributed by atoms with Crippen molar-refractivity contribution in [2.75, 3.05) is 30.9 Å². The van der Waals surface area contributed by atoms with Gasteiger partial charge in [-0.05, 0) is 26.8 Å². The average molecular weight is 462 g/mol. The first-order chi connectivity index (χ1) is 15.5. The van der Waals surface area contributed by atoms with Gasteiger partial charge in [0.25, 0.3) is 5.91 Å². The van der Waals surface area contributed by atoms with Crippen LogP contribution in [-0.2, 0) is 17.6 Å². The van der Waals surface area contributed by atoms with Crippen molar-refractivity contribution in [2.24, 2.45) is 0 Å². The summed E-state index contributed by atoms with van der Waals surface area (Å²) in [6, 6.07) is 3.47. The van der Waals surface area contributed by atoms with E-state index >= 15 is 0 Å². The van der Waals surface area contributed by atoms with Crippen LogP contribution in [0.5, 0.6) is 11.5 Å². The summed E-state index contributed by atoms with van der Waals surface area (Å²) >= 11 is 0. The predicted octanol–water partition coefficient (Wildman–Crippen LogP) is 4.14. The predicted molar refractivity (Wildman–Crippen MR) is 118 cm³/mol. The highest BCUT2D eigenvalue weighted by Gasteiger charge is 2.41. The van der Waals surface area contributed by atoms with Gasteiger partial charge in [-0.1, -0.05) is 6.08 Å². The van der Waals surface area contributed by atoms with Gasteiger partial charge in [0.15, 0.2) is 5.60 Å². The number of allylic oxidation sites excluding steroid dienone is 2. The molecule has 176 valence electrons. The van der Waals surface area contributed by atoms with Crippen molar-refractivity contribution in [3.63, 3.8) is 0 Å². The molecule has 1 aromatic carbocycles. The number of likely N-dealkylation sites (N-methyl/N-ethyl adjacent to an activating group) is 1. The third-order valence-corrected chi connectivity index (χ3v) is 5.71. The lowest BCUT2D eigenvalue weighted by Crippen LogP contribution is -2.50. The van der Waals surface area contributed by atoms with Crippen LogP contribution < -0.4 is 19.7 Å². The number of aromatic nitrogens is 2. The van der Waals surface area contributed by atoms with Gasteiger partial charge in [-0.3, -0.25) is 4.79 Å². The van der Waals surface area contributed by atoms with Crippen LogP contribution in [0, 0.1) is 0 Å². The number of fused-ring (bicyclic) bond motifs is 2. The van der Waals surface area contributed by atoms with Crippen LogP contribution in [0.1, 0.15) is 43.4 Å². The molecule has 0 saturated carbocycles. The van der Waals surface area contributed by atoms with Crippen LogP contribution in [0.3, 0.4) is 0 Å². The summed E-state index contributed by atoms with van der Waals surface area (Å²) in [4.78, 5) is 22.9. The number of carbonyl (C=O) groups is 1. The lowest BCUT2D eigenvalue weighted by Gasteiger charge is -2.37. The number of halogens is 3. The zero-order valence-corrected chi connectivity index (χ0v) is 19.1. The van der Waals surface area contributed by atoms with Gasteiger partial charge in [0.2, 0.25) is 0 Å². The first kappa shape index (κ1) is 22.9. The number of methoxy groups -OCH3 is 1. The van der Waals surface area contributed by atoms with Crippen molar-refractivity contribution in [1.82, 2.24) is 9.97 Å². The van der Waals surface area contributed by atoms with E-state index in [-0.39, 0.29) is 30.1 Å². The monoisotopic (exact) mass is 462 g/mol. The van der Waals surface area contributed by atoms with E-state index in [1.165, 1.54) is 12.0 Å². The topological polar surface area (TPSA) is 76.6 Å². The second kappa shape index (κ2) is 7.93. The highest BCUT2D eigenvalue weighted by molar-refractivity contribution is 6.02. The Bertz CT molecular complexity index is 1160. The van der Waals surface area contributed by atoms with Crippen molar-refractivity contribution in [3.05, 3.63) is 40.9 Å². The number of carbonyl (C=O) groups excluding carboxylic acids is 1. The Kier molecular flexibility index (Phi) is 5.50. The molecule has 1 aliphatic heterocycles. The van der Waals surface area contributed by atoms with Crippen LogP contribution in [0.15, 0.2) is 18.2 Å². The quantitative estimate of drug-likeness (QED) is 0.720. The number of ether oxygens (including phenoxy) is 2. The molecule has 0 unspecified atom stereocenters. The van der Waals surface area contributed by atoms with Crippen LogP contribution in [-0.4, -0.2) is 48.4 Å². The fourth-order valence-corrected chi connectivity index (χ4v) is 4.19. The number of hydrogen-bond acceptors (Lipinski definition) is 6. The minimum atomic E-state index is -4.48. The number of nitrogens with one attached hydrogen (secondary N) is 1. The maximum Gasteiger partial charge on any atom is 0.416 e. The van der Waals surface area contributed by atoms with E-state index in [0.29, 0.717) is 40.8 Å². The fraction of sp³-hybridized carbons (Fsp3) is 0.435. The zero-order valence-electron chi connectivity index (χ0n) is 19.1. The average Bonchev–Trinajstić information content (AvgIpc) is 3.17. The summed E-state index contributed by atoms with van der Waals surface area (Å²) in [5, 5.41) is 2.94. The number of amides is 1. The smallest absolute Gasteiger partial charge is 0.416 e. The Morgan fingerprint density at radius 3 is 2.64 bits per heavy atom. The number of alkyl halides is 3. The molecule has 0 atom stereocenters. The second-order valence-corrected chi connectivity index (χ2v) is 8.45. The number of nitrogens with zero attached hydrogens (tertiary/aromatic N) is 3. The van der Waals surface area contributed by atoms with E-state index in [2.05, 4.69) is 15.3 Å². The van der Waals surface area contributed by atoms with E-state index in [1.54, 1.807) is 40.0 Å². The number of anilines is 2. The lowest BCUT2D eigenvalue weighted by atomic mass is 10.0. The SMILES string of the molecule is CCNc1nc(Cc2cc3c(cc2OC)N(C)C(=O)C(C)(C)O3)nc2c1C(C(F)(F)F)=CC2. The molecule has 2 aromatic rings. The Balaban J connectivity index is 1.75. The Labute approximate surface area is 189 Å². The molecule has 0 spiro atoms. The first-order valence-electron chi connectivity index (χ1n) is 10.6. The van der Waals surface area contributed by atoms with Crippen molar-refractivity contribution >= 4 is 23.0 Å². The minimum Gasteiger partial charge on any atom is -0.496 e. The molecule has 1 aliphatic carbocycles. The molecule has 4 rings (SSSR count). The van der Waals surface area contributed by atoms with Gasteiger partial charge in [-0.25, -0.2) is 9.97 Å². The molecule has 1 amide bonds. The van der Waals surface area contributed by atoms with Crippen molar-refractivity contribution < 1.29 is 27.4 Å². The molecule has 0 bridgehead atoms. The standard InChI is InChI=1S/C23H25F3N4O3/c1-6-27-20-19-13(23(24,25)26)7-8-14(19)28-18(29-20)10-12-9-17-15(11-16(12)32-5)30(4)21(31)22(2,3)33-17/h7,9,11H,6,8,10H2,1-5H3,(H,27,28,29).